The number of aromatic nitrogens is 4. The number of carbonyl (C=O) groups is 4. The summed E-state index contributed by atoms with van der Waals surface area (Å²) in [7, 11) is 6.31. The number of nitrogens with zero attached hydrogens (tertiary/aromatic N) is 4. The van der Waals surface area contributed by atoms with Crippen LogP contribution in [0.3, 0.4) is 0 Å². The Hall–Kier alpha value is -9.09. The van der Waals surface area contributed by atoms with Gasteiger partial charge >= 0.3 is 16.8 Å². The molecule has 7 aromatic rings. The van der Waals surface area contributed by atoms with Crippen molar-refractivity contribution < 1.29 is 73.9 Å². The normalized spacial score (nSPS) is 18.3. The van der Waals surface area contributed by atoms with E-state index < -0.39 is 24.4 Å². The number of ether oxygens (including phenoxy) is 8. The quantitative estimate of drug-likeness (QED) is 0.0703. The number of benzene rings is 4. The fraction of sp³-hybridized carbons (Fsp3) is 0.294. The molecule has 9 heterocycles. The van der Waals surface area contributed by atoms with Gasteiger partial charge in [0.05, 0.1) is 74.0 Å². The van der Waals surface area contributed by atoms with Crippen molar-refractivity contribution in [3.63, 3.8) is 0 Å². The van der Waals surface area contributed by atoms with Crippen molar-refractivity contribution in [2.75, 3.05) is 76.1 Å². The second-order valence-corrected chi connectivity index (χ2v) is 22.0. The van der Waals surface area contributed by atoms with E-state index in [1.54, 1.807) is 77.0 Å². The zero-order chi connectivity index (χ0) is 60.4. The van der Waals surface area contributed by atoms with Crippen LogP contribution in [-0.2, 0) is 54.9 Å². The van der Waals surface area contributed by atoms with E-state index in [0.717, 1.165) is 25.7 Å². The number of nitrogens with one attached hydrogen (secondary N) is 4. The first kappa shape index (κ1) is 60.2. The number of hydrogen-bond acceptors (Lipinski definition) is 14. The summed E-state index contributed by atoms with van der Waals surface area (Å²) >= 11 is 0. The summed E-state index contributed by atoms with van der Waals surface area (Å²) in [6.07, 6.45) is 9.80. The molecule has 0 saturated carbocycles. The van der Waals surface area contributed by atoms with Crippen LogP contribution in [-0.4, -0.2) is 113 Å². The van der Waals surface area contributed by atoms with Crippen molar-refractivity contribution in [3.8, 4) is 67.5 Å². The van der Waals surface area contributed by atoms with E-state index in [0.29, 0.717) is 187 Å². The Labute approximate surface area is 523 Å². The average molecular weight is 1240 g/mol. The van der Waals surface area contributed by atoms with Gasteiger partial charge in [0, 0.05) is 49.7 Å². The van der Waals surface area contributed by atoms with Gasteiger partial charge in [0.2, 0.25) is 0 Å². The van der Waals surface area contributed by atoms with E-state index in [4.69, 9.17) is 57.8 Å². The summed E-state index contributed by atoms with van der Waals surface area (Å²) in [5, 5.41) is 12.7. The number of amides is 4. The van der Waals surface area contributed by atoms with Gasteiger partial charge in [0.25, 0.3) is 23.6 Å². The maximum absolute atomic E-state index is 14.3. The van der Waals surface area contributed by atoms with Crippen LogP contribution in [0.1, 0.15) is 74.1 Å². The second kappa shape index (κ2) is 26.3. The molecule has 0 unspecified atom stereocenters. The third kappa shape index (κ3) is 12.3. The molecule has 4 saturated heterocycles. The number of carbonyl (C=O) groups excluding carboxylic acids is 4. The van der Waals surface area contributed by atoms with E-state index >= 15 is 0 Å². The van der Waals surface area contributed by atoms with Crippen molar-refractivity contribution in [1.82, 2.24) is 19.9 Å². The minimum absolute atomic E-state index is 0. The summed E-state index contributed by atoms with van der Waals surface area (Å²) in [4.78, 5) is 79.2. The van der Waals surface area contributed by atoms with Gasteiger partial charge < -0.3 is 69.1 Å². The summed E-state index contributed by atoms with van der Waals surface area (Å²) in [5.41, 5.74) is 9.23. The average Bonchev–Trinajstić information content (AvgIpc) is 1.74. The summed E-state index contributed by atoms with van der Waals surface area (Å²) < 4.78 is 47.1. The molecule has 4 aromatic carbocycles. The zero-order valence-corrected chi connectivity index (χ0v) is 50.4. The molecule has 20 nitrogen and oxygen atoms in total. The number of anilines is 4. The zero-order valence-electron chi connectivity index (χ0n) is 49.4. The molecule has 0 aliphatic carbocycles. The maximum Gasteiger partial charge on any atom is 2.00 e. The van der Waals surface area contributed by atoms with Crippen LogP contribution in [0.15, 0.2) is 97.1 Å². The minimum Gasteiger partial charge on any atom is -0.657 e. The SMILES string of the molecule is COc1cc(OC)cc(-c2c3nc(c(-c4c(NC(=O)[C@@H]5CCCO5)cccc4NC(=O)[C@@H]4CCCO4)c4ccc([n-]4)c(-c4cc(OC)cc(OC)c4)c4nc(c(-c5c(NC(=O)[C@@H]6CCCO6)cccc5NC(=O)[C@@H]5CCCO5)c5ccc2[n-]5)C=C4)C=C3)c1.[Co+2]. The van der Waals surface area contributed by atoms with E-state index in [-0.39, 0.29) is 40.4 Å². The molecular formula is C68H64CoN8O12. The van der Waals surface area contributed by atoms with Gasteiger partial charge in [-0.3, -0.25) is 19.2 Å². The van der Waals surface area contributed by atoms with Crippen LogP contribution >= 0.6 is 0 Å². The molecule has 4 fully saturated rings. The van der Waals surface area contributed by atoms with Gasteiger partial charge in [-0.25, -0.2) is 9.97 Å². The van der Waals surface area contributed by atoms with Gasteiger partial charge in [0.15, 0.2) is 0 Å². The Kier molecular flexibility index (Phi) is 17.8. The van der Waals surface area contributed by atoms with Crippen molar-refractivity contribution in [1.29, 1.82) is 0 Å². The number of hydrogen-bond donors (Lipinski definition) is 4. The fourth-order valence-corrected chi connectivity index (χ4v) is 12.1. The topological polar surface area (TPSA) is 244 Å². The fourth-order valence-electron chi connectivity index (χ4n) is 12.1. The van der Waals surface area contributed by atoms with Crippen LogP contribution in [0.25, 0.3) is 90.9 Å². The molecule has 13 rings (SSSR count). The Bertz CT molecular complexity index is 3750. The number of rotatable bonds is 16. The maximum atomic E-state index is 14.3. The van der Waals surface area contributed by atoms with Gasteiger partial charge in [-0.1, -0.05) is 36.4 Å². The number of methoxy groups -OCH3 is 4. The summed E-state index contributed by atoms with van der Waals surface area (Å²) in [5.74, 6) is 0.630. The monoisotopic (exact) mass is 1240 g/mol. The first-order valence-electron chi connectivity index (χ1n) is 29.5. The van der Waals surface area contributed by atoms with Gasteiger partial charge in [-0.05, 0) is 158 Å². The molecule has 8 bridgehead atoms. The molecule has 4 amide bonds. The number of fused-ring (bicyclic) bond motifs is 8. The van der Waals surface area contributed by atoms with Crippen molar-refractivity contribution >= 4 is 92.7 Å². The molecule has 4 N–H and O–H groups in total. The van der Waals surface area contributed by atoms with Gasteiger partial charge in [-0.2, -0.15) is 0 Å². The smallest absolute Gasteiger partial charge is 0.657 e. The Morgan fingerprint density at radius 1 is 0.393 bits per heavy atom. The standard InChI is InChI=1S/C68H66N8O12.Co/c1-81-39-31-37(32-40(35-39)82-2)59-47-19-23-51(69-47)63(61-43(73-65(77)55-15-7-27-85-55)11-5-12-44(61)74-66(78)56-16-8-28-86-56)53-25-21-49(71-53)60(38-33-41(83-3)36-42(34-38)84-4)50-22-26-54(72-50)64(52-24-20-48(59)70-52)62-45(75-67(79)57-17-9-29-87-57)13-6-14-46(62)76-68(80)58-18-10-30-88-58;/h5-6,11-14,19-26,31-36,55-58H,7-10,15-18,27-30H2,1-4H3,(H6,69,70,71,72,73,74,75,76,77,78,79,80);/q;+2/p-2/t55-,56-,57-,58-;/m0./s1. The summed E-state index contributed by atoms with van der Waals surface area (Å²) in [6, 6.07) is 29.2. The molecule has 457 valence electrons. The van der Waals surface area contributed by atoms with E-state index in [2.05, 4.69) is 21.3 Å². The van der Waals surface area contributed by atoms with Gasteiger partial charge in [0.1, 0.15) is 47.4 Å². The molecule has 6 aliphatic heterocycles. The molecule has 3 aromatic heterocycles. The van der Waals surface area contributed by atoms with E-state index in [9.17, 15) is 19.2 Å². The largest absolute Gasteiger partial charge is 2.00 e. The van der Waals surface area contributed by atoms with E-state index in [1.165, 1.54) is 0 Å². The van der Waals surface area contributed by atoms with Crippen LogP contribution < -0.4 is 50.2 Å². The summed E-state index contributed by atoms with van der Waals surface area (Å²) in [6.45, 7) is 1.80. The second-order valence-electron chi connectivity index (χ2n) is 22.0. The Morgan fingerprint density at radius 2 is 0.663 bits per heavy atom. The molecule has 89 heavy (non-hydrogen) atoms. The van der Waals surface area contributed by atoms with Crippen molar-refractivity contribution in [2.45, 2.75) is 75.8 Å². The third-order valence-corrected chi connectivity index (χ3v) is 16.4. The van der Waals surface area contributed by atoms with Crippen molar-refractivity contribution in [2.24, 2.45) is 0 Å². The molecule has 1 radical (unpaired) electrons. The molecule has 6 aliphatic rings. The predicted octanol–water partition coefficient (Wildman–Crippen LogP) is 11.1. The van der Waals surface area contributed by atoms with Crippen LogP contribution in [0.4, 0.5) is 22.7 Å². The molecule has 4 atom stereocenters. The first-order valence-corrected chi connectivity index (χ1v) is 29.5. The van der Waals surface area contributed by atoms with Crippen molar-refractivity contribution in [3.05, 3.63) is 120 Å². The minimum atomic E-state index is -0.696. The van der Waals surface area contributed by atoms with E-state index in [1.807, 2.05) is 72.8 Å². The molecule has 0 spiro atoms. The third-order valence-electron chi connectivity index (χ3n) is 16.4. The Morgan fingerprint density at radius 3 is 0.921 bits per heavy atom. The van der Waals surface area contributed by atoms with Crippen LogP contribution in [0.2, 0.25) is 0 Å². The predicted molar refractivity (Wildman–Crippen MR) is 335 cm³/mol. The molecule has 21 heteroatoms. The first-order chi connectivity index (χ1) is 43.0. The Balaban J connectivity index is 0.00000769. The molecular weight excluding hydrogens is 1180 g/mol. The van der Waals surface area contributed by atoms with Crippen LogP contribution in [0.5, 0.6) is 23.0 Å². The van der Waals surface area contributed by atoms with Gasteiger partial charge in [-0.15, -0.1) is 22.1 Å². The van der Waals surface area contributed by atoms with Crippen LogP contribution in [0, 0.1) is 0 Å².